The molecule has 0 fully saturated rings. The molecule has 2 rings (SSSR count). The first-order chi connectivity index (χ1) is 9.10. The molecule has 7 nitrogen and oxygen atoms in total. The van der Waals surface area contributed by atoms with Gasteiger partial charge in [-0.15, -0.1) is 0 Å². The zero-order valence-electron chi connectivity index (χ0n) is 10.1. The summed E-state index contributed by atoms with van der Waals surface area (Å²) < 4.78 is 6.37. The molecule has 0 N–H and O–H groups in total. The van der Waals surface area contributed by atoms with Crippen molar-refractivity contribution in [3.63, 3.8) is 0 Å². The smallest absolute Gasteiger partial charge is 0.273 e. The lowest BCUT2D eigenvalue weighted by molar-refractivity contribution is -0.385. The minimum atomic E-state index is -0.502. The molecule has 0 saturated heterocycles. The van der Waals surface area contributed by atoms with Crippen LogP contribution < -0.4 is 10.3 Å². The number of aromatic nitrogens is 2. The summed E-state index contributed by atoms with van der Waals surface area (Å²) in [5, 5.41) is 10.8. The maximum atomic E-state index is 11.6. The third-order valence-electron chi connectivity index (χ3n) is 2.54. The molecule has 1 aromatic carbocycles. The monoisotopic (exact) mass is 261 g/mol. The first kappa shape index (κ1) is 12.7. The van der Waals surface area contributed by atoms with Crippen molar-refractivity contribution in [2.75, 3.05) is 7.11 Å². The van der Waals surface area contributed by atoms with E-state index in [9.17, 15) is 14.9 Å². The molecule has 19 heavy (non-hydrogen) atoms. The number of rotatable bonds is 4. The molecule has 0 aliphatic carbocycles. The van der Waals surface area contributed by atoms with Gasteiger partial charge in [0.15, 0.2) is 0 Å². The third kappa shape index (κ3) is 2.95. The number of nitrogens with zero attached hydrogens (tertiary/aromatic N) is 3. The Labute approximate surface area is 108 Å². The highest BCUT2D eigenvalue weighted by atomic mass is 16.6. The number of benzene rings is 1. The van der Waals surface area contributed by atoms with Crippen molar-refractivity contribution in [3.05, 3.63) is 62.8 Å². The van der Waals surface area contributed by atoms with Gasteiger partial charge in [-0.05, 0) is 11.6 Å². The van der Waals surface area contributed by atoms with Crippen LogP contribution in [-0.4, -0.2) is 21.6 Å². The summed E-state index contributed by atoms with van der Waals surface area (Å²) in [6, 6.07) is 5.71. The molecule has 0 radical (unpaired) electrons. The third-order valence-corrected chi connectivity index (χ3v) is 2.54. The first-order valence-corrected chi connectivity index (χ1v) is 5.43. The Kier molecular flexibility index (Phi) is 3.56. The molecule has 1 aromatic heterocycles. The fourth-order valence-electron chi connectivity index (χ4n) is 1.65. The van der Waals surface area contributed by atoms with Gasteiger partial charge in [-0.25, -0.2) is 4.98 Å². The van der Waals surface area contributed by atoms with Gasteiger partial charge in [0.1, 0.15) is 5.75 Å². The standard InChI is InChI=1S/C12H11N3O4/c1-19-11-5-9(4-10(6-11)15(17)18)7-14-8-13-3-2-12(14)16/h2-6,8H,7H2,1H3. The molecule has 0 spiro atoms. The van der Waals surface area contributed by atoms with E-state index in [1.54, 1.807) is 6.07 Å². The Morgan fingerprint density at radius 2 is 2.21 bits per heavy atom. The Bertz CT molecular complexity index is 666. The average Bonchev–Trinajstić information content (AvgIpc) is 2.41. The second-order valence-corrected chi connectivity index (χ2v) is 3.84. The molecule has 2 aromatic rings. The van der Waals surface area contributed by atoms with Gasteiger partial charge in [0.05, 0.1) is 31.0 Å². The van der Waals surface area contributed by atoms with Crippen LogP contribution in [0.3, 0.4) is 0 Å². The molecule has 0 saturated carbocycles. The van der Waals surface area contributed by atoms with Crippen LogP contribution in [0, 0.1) is 10.1 Å². The van der Waals surface area contributed by atoms with Gasteiger partial charge in [-0.3, -0.25) is 19.5 Å². The van der Waals surface area contributed by atoms with Crippen LogP contribution in [-0.2, 0) is 6.54 Å². The summed E-state index contributed by atoms with van der Waals surface area (Å²) in [4.78, 5) is 25.7. The van der Waals surface area contributed by atoms with Crippen molar-refractivity contribution in [1.29, 1.82) is 0 Å². The number of hydrogen-bond acceptors (Lipinski definition) is 5. The lowest BCUT2D eigenvalue weighted by Gasteiger charge is -2.07. The second-order valence-electron chi connectivity index (χ2n) is 3.84. The Morgan fingerprint density at radius 3 is 2.84 bits per heavy atom. The summed E-state index contributed by atoms with van der Waals surface area (Å²) in [5.74, 6) is 0.376. The van der Waals surface area contributed by atoms with Gasteiger partial charge >= 0.3 is 0 Å². The van der Waals surface area contributed by atoms with Crippen LogP contribution in [0.1, 0.15) is 5.56 Å². The SMILES string of the molecule is COc1cc(Cn2cnccc2=O)cc([N+](=O)[O-])c1. The van der Waals surface area contributed by atoms with Gasteiger partial charge in [-0.1, -0.05) is 0 Å². The maximum Gasteiger partial charge on any atom is 0.273 e. The van der Waals surface area contributed by atoms with Crippen LogP contribution in [0.5, 0.6) is 5.75 Å². The first-order valence-electron chi connectivity index (χ1n) is 5.43. The number of ether oxygens (including phenoxy) is 1. The van der Waals surface area contributed by atoms with Gasteiger partial charge in [-0.2, -0.15) is 0 Å². The average molecular weight is 261 g/mol. The lowest BCUT2D eigenvalue weighted by atomic mass is 10.2. The van der Waals surface area contributed by atoms with E-state index in [0.717, 1.165) is 0 Å². The van der Waals surface area contributed by atoms with Crippen molar-refractivity contribution < 1.29 is 9.66 Å². The molecule has 0 unspecified atom stereocenters. The van der Waals surface area contributed by atoms with Gasteiger partial charge < -0.3 is 4.74 Å². The second kappa shape index (κ2) is 5.30. The Morgan fingerprint density at radius 1 is 1.42 bits per heavy atom. The zero-order chi connectivity index (χ0) is 13.8. The molecule has 98 valence electrons. The number of nitro groups is 1. The van der Waals surface area contributed by atoms with E-state index >= 15 is 0 Å². The number of hydrogen-bond donors (Lipinski definition) is 0. The van der Waals surface area contributed by atoms with E-state index < -0.39 is 4.92 Å². The quantitative estimate of drug-likeness (QED) is 0.609. The summed E-state index contributed by atoms with van der Waals surface area (Å²) in [6.45, 7) is 0.199. The molecular formula is C12H11N3O4. The highest BCUT2D eigenvalue weighted by Gasteiger charge is 2.10. The fourth-order valence-corrected chi connectivity index (χ4v) is 1.65. The topological polar surface area (TPSA) is 87.3 Å². The molecule has 0 atom stereocenters. The Balaban J connectivity index is 2.40. The minimum Gasteiger partial charge on any atom is -0.496 e. The van der Waals surface area contributed by atoms with Crippen molar-refractivity contribution in [1.82, 2.24) is 9.55 Å². The van der Waals surface area contributed by atoms with E-state index in [0.29, 0.717) is 11.3 Å². The van der Waals surface area contributed by atoms with Crippen LogP contribution in [0.25, 0.3) is 0 Å². The van der Waals surface area contributed by atoms with Crippen LogP contribution in [0.15, 0.2) is 41.6 Å². The predicted octanol–water partition coefficient (Wildman–Crippen LogP) is 1.21. The van der Waals surface area contributed by atoms with Crippen LogP contribution >= 0.6 is 0 Å². The Hall–Kier alpha value is -2.70. The molecular weight excluding hydrogens is 250 g/mol. The van der Waals surface area contributed by atoms with E-state index in [4.69, 9.17) is 4.74 Å². The van der Waals surface area contributed by atoms with E-state index in [-0.39, 0.29) is 17.8 Å². The van der Waals surface area contributed by atoms with Crippen LogP contribution in [0.4, 0.5) is 5.69 Å². The largest absolute Gasteiger partial charge is 0.496 e. The number of non-ortho nitro benzene ring substituents is 1. The number of methoxy groups -OCH3 is 1. The highest BCUT2D eigenvalue weighted by molar-refractivity contribution is 5.42. The fraction of sp³-hybridized carbons (Fsp3) is 0.167. The summed E-state index contributed by atoms with van der Waals surface area (Å²) in [7, 11) is 1.43. The van der Waals surface area contributed by atoms with E-state index in [1.807, 2.05) is 0 Å². The van der Waals surface area contributed by atoms with Gasteiger partial charge in [0.2, 0.25) is 0 Å². The van der Waals surface area contributed by atoms with E-state index in [2.05, 4.69) is 4.98 Å². The minimum absolute atomic E-state index is 0.0775. The predicted molar refractivity (Wildman–Crippen MR) is 67.2 cm³/mol. The molecule has 0 aliphatic rings. The highest BCUT2D eigenvalue weighted by Crippen LogP contribution is 2.22. The molecule has 1 heterocycles. The lowest BCUT2D eigenvalue weighted by Crippen LogP contribution is -2.19. The zero-order valence-corrected chi connectivity index (χ0v) is 10.1. The summed E-state index contributed by atoms with van der Waals surface area (Å²) in [6.07, 6.45) is 2.78. The number of nitro benzene ring substituents is 1. The molecule has 0 bridgehead atoms. The normalized spacial score (nSPS) is 10.2. The van der Waals surface area contributed by atoms with Crippen molar-refractivity contribution in [3.8, 4) is 5.75 Å². The van der Waals surface area contributed by atoms with E-state index in [1.165, 1.54) is 42.4 Å². The van der Waals surface area contributed by atoms with Crippen molar-refractivity contribution in [2.45, 2.75) is 6.54 Å². The maximum absolute atomic E-state index is 11.6. The van der Waals surface area contributed by atoms with Crippen LogP contribution in [0.2, 0.25) is 0 Å². The summed E-state index contributed by atoms with van der Waals surface area (Å²) in [5.41, 5.74) is 0.299. The van der Waals surface area contributed by atoms with Crippen molar-refractivity contribution >= 4 is 5.69 Å². The van der Waals surface area contributed by atoms with Crippen molar-refractivity contribution in [2.24, 2.45) is 0 Å². The van der Waals surface area contributed by atoms with Gasteiger partial charge in [0.25, 0.3) is 11.2 Å². The summed E-state index contributed by atoms with van der Waals surface area (Å²) >= 11 is 0. The van der Waals surface area contributed by atoms with Gasteiger partial charge in [0, 0.05) is 18.3 Å². The molecule has 0 aliphatic heterocycles. The molecule has 0 amide bonds. The molecule has 7 heteroatoms.